The molecule has 0 fully saturated rings. The number of carboxylic acid groups (broad SMARTS) is 1. The van der Waals surface area contributed by atoms with Gasteiger partial charge in [0.15, 0.2) is 16.5 Å². The van der Waals surface area contributed by atoms with Gasteiger partial charge < -0.3 is 9.52 Å². The summed E-state index contributed by atoms with van der Waals surface area (Å²) in [5.74, 6) is -0.430. The molecule has 0 bridgehead atoms. The maximum atomic E-state index is 11.1. The van der Waals surface area contributed by atoms with Crippen molar-refractivity contribution in [1.29, 1.82) is 0 Å². The van der Waals surface area contributed by atoms with Crippen LogP contribution >= 0.6 is 11.3 Å². The third kappa shape index (κ3) is 1.43. The van der Waals surface area contributed by atoms with Crippen molar-refractivity contribution in [3.05, 3.63) is 29.8 Å². The normalized spacial score (nSPS) is 11.1. The van der Waals surface area contributed by atoms with E-state index < -0.39 is 5.97 Å². The van der Waals surface area contributed by atoms with Crippen LogP contribution in [0.25, 0.3) is 15.7 Å². The molecule has 0 saturated carbocycles. The number of aromatic carboxylic acids is 1. The van der Waals surface area contributed by atoms with Gasteiger partial charge in [0, 0.05) is 0 Å². The van der Waals surface area contributed by atoms with Gasteiger partial charge in [0.2, 0.25) is 4.96 Å². The van der Waals surface area contributed by atoms with E-state index in [4.69, 9.17) is 9.52 Å². The topological polar surface area (TPSA) is 80.6 Å². The van der Waals surface area contributed by atoms with Crippen molar-refractivity contribution in [1.82, 2.24) is 14.6 Å². The molecule has 0 atom stereocenters. The molecule has 3 rings (SSSR count). The van der Waals surface area contributed by atoms with Crippen molar-refractivity contribution in [2.24, 2.45) is 0 Å². The van der Waals surface area contributed by atoms with Gasteiger partial charge in [-0.3, -0.25) is 0 Å². The summed E-state index contributed by atoms with van der Waals surface area (Å²) in [4.78, 5) is 15.8. The van der Waals surface area contributed by atoms with E-state index in [-0.39, 0.29) is 5.69 Å². The monoisotopic (exact) mass is 249 g/mol. The first kappa shape index (κ1) is 10.0. The SMILES string of the molecule is Cc1nc2sc(-c3ccco3)nn2c1C(=O)O. The highest BCUT2D eigenvalue weighted by Gasteiger charge is 2.20. The first-order valence-corrected chi connectivity index (χ1v) is 5.62. The van der Waals surface area contributed by atoms with Crippen LogP contribution in [0.4, 0.5) is 0 Å². The molecule has 86 valence electrons. The first-order chi connectivity index (χ1) is 8.16. The Hall–Kier alpha value is -2.15. The lowest BCUT2D eigenvalue weighted by atomic mass is 10.3. The molecule has 17 heavy (non-hydrogen) atoms. The fourth-order valence-electron chi connectivity index (χ4n) is 1.59. The Balaban J connectivity index is 2.24. The molecule has 0 aliphatic carbocycles. The highest BCUT2D eigenvalue weighted by molar-refractivity contribution is 7.19. The van der Waals surface area contributed by atoms with Crippen molar-refractivity contribution >= 4 is 22.3 Å². The molecular formula is C10H7N3O3S. The number of rotatable bonds is 2. The van der Waals surface area contributed by atoms with E-state index in [1.807, 2.05) is 0 Å². The van der Waals surface area contributed by atoms with E-state index in [0.717, 1.165) is 0 Å². The lowest BCUT2D eigenvalue weighted by molar-refractivity contribution is 0.0687. The van der Waals surface area contributed by atoms with Gasteiger partial charge in [-0.15, -0.1) is 0 Å². The molecule has 0 saturated heterocycles. The number of nitrogens with zero attached hydrogens (tertiary/aromatic N) is 3. The van der Waals surface area contributed by atoms with Gasteiger partial charge in [0.1, 0.15) is 0 Å². The zero-order chi connectivity index (χ0) is 12.0. The van der Waals surface area contributed by atoms with E-state index in [2.05, 4.69) is 10.1 Å². The Bertz CT molecular complexity index is 696. The maximum Gasteiger partial charge on any atom is 0.356 e. The van der Waals surface area contributed by atoms with Gasteiger partial charge >= 0.3 is 5.97 Å². The molecule has 0 aromatic carbocycles. The molecule has 6 nitrogen and oxygen atoms in total. The van der Waals surface area contributed by atoms with Crippen LogP contribution in [0, 0.1) is 6.92 Å². The summed E-state index contributed by atoms with van der Waals surface area (Å²) in [6.07, 6.45) is 1.54. The minimum atomic E-state index is -1.04. The molecule has 7 heteroatoms. The standard InChI is InChI=1S/C10H7N3O3S/c1-5-7(9(14)15)13-10(11-5)17-8(12-13)6-3-2-4-16-6/h2-4H,1H3,(H,14,15). The van der Waals surface area contributed by atoms with Crippen molar-refractivity contribution in [2.45, 2.75) is 6.92 Å². The number of aromatic nitrogens is 3. The number of hydrogen-bond donors (Lipinski definition) is 1. The summed E-state index contributed by atoms with van der Waals surface area (Å²) >= 11 is 1.29. The van der Waals surface area contributed by atoms with Crippen LogP contribution in [0.5, 0.6) is 0 Å². The van der Waals surface area contributed by atoms with E-state index in [1.54, 1.807) is 25.3 Å². The molecule has 0 amide bonds. The highest BCUT2D eigenvalue weighted by Crippen LogP contribution is 2.27. The molecule has 0 unspecified atom stereocenters. The van der Waals surface area contributed by atoms with Crippen LogP contribution in [0.15, 0.2) is 22.8 Å². The lowest BCUT2D eigenvalue weighted by Gasteiger charge is -1.91. The predicted molar refractivity (Wildman–Crippen MR) is 60.3 cm³/mol. The van der Waals surface area contributed by atoms with Crippen molar-refractivity contribution in [3.63, 3.8) is 0 Å². The van der Waals surface area contributed by atoms with E-state index in [9.17, 15) is 4.79 Å². The van der Waals surface area contributed by atoms with Crippen LogP contribution in [0.1, 0.15) is 16.2 Å². The number of carbonyl (C=O) groups is 1. The maximum absolute atomic E-state index is 11.1. The Kier molecular flexibility index (Phi) is 2.02. The average molecular weight is 249 g/mol. The van der Waals surface area contributed by atoms with Crippen LogP contribution in [0.2, 0.25) is 0 Å². The largest absolute Gasteiger partial charge is 0.476 e. The van der Waals surface area contributed by atoms with E-state index in [1.165, 1.54) is 15.9 Å². The smallest absolute Gasteiger partial charge is 0.356 e. The van der Waals surface area contributed by atoms with Gasteiger partial charge in [-0.25, -0.2) is 9.78 Å². The van der Waals surface area contributed by atoms with Crippen LogP contribution < -0.4 is 0 Å². The van der Waals surface area contributed by atoms with E-state index in [0.29, 0.717) is 21.4 Å². The first-order valence-electron chi connectivity index (χ1n) is 4.80. The Labute approximate surface area is 99.1 Å². The number of furan rings is 1. The molecular weight excluding hydrogens is 242 g/mol. The Morgan fingerprint density at radius 2 is 2.41 bits per heavy atom. The van der Waals surface area contributed by atoms with Gasteiger partial charge in [-0.1, -0.05) is 11.3 Å². The van der Waals surface area contributed by atoms with Crippen molar-refractivity contribution in [2.75, 3.05) is 0 Å². The van der Waals surface area contributed by atoms with Gasteiger partial charge in [-0.05, 0) is 19.1 Å². The molecule has 3 aromatic heterocycles. The minimum absolute atomic E-state index is 0.0917. The summed E-state index contributed by atoms with van der Waals surface area (Å²) in [6.45, 7) is 1.65. The number of carboxylic acids is 1. The molecule has 3 heterocycles. The van der Waals surface area contributed by atoms with Crippen molar-refractivity contribution in [3.8, 4) is 10.8 Å². The summed E-state index contributed by atoms with van der Waals surface area (Å²) in [7, 11) is 0. The predicted octanol–water partition coefficient (Wildman–Crippen LogP) is 2.06. The highest BCUT2D eigenvalue weighted by atomic mass is 32.1. The fourth-order valence-corrected chi connectivity index (χ4v) is 2.51. The van der Waals surface area contributed by atoms with Crippen LogP contribution in [-0.2, 0) is 0 Å². The van der Waals surface area contributed by atoms with E-state index >= 15 is 0 Å². The summed E-state index contributed by atoms with van der Waals surface area (Å²) in [5, 5.41) is 13.9. The van der Waals surface area contributed by atoms with Gasteiger partial charge in [0.05, 0.1) is 12.0 Å². The number of imidazole rings is 1. The molecule has 0 aliphatic rings. The minimum Gasteiger partial charge on any atom is -0.476 e. The van der Waals surface area contributed by atoms with Gasteiger partial charge in [0.25, 0.3) is 0 Å². The average Bonchev–Trinajstić information content (AvgIpc) is 2.88. The third-order valence-corrected chi connectivity index (χ3v) is 3.24. The fraction of sp³-hybridized carbons (Fsp3) is 0.100. The number of aryl methyl sites for hydroxylation is 1. The molecule has 0 radical (unpaired) electrons. The van der Waals surface area contributed by atoms with Crippen LogP contribution in [-0.4, -0.2) is 25.7 Å². The lowest BCUT2D eigenvalue weighted by Crippen LogP contribution is -2.04. The second kappa shape index (κ2) is 3.42. The summed E-state index contributed by atoms with van der Waals surface area (Å²) in [5.41, 5.74) is 0.552. The van der Waals surface area contributed by atoms with Crippen LogP contribution in [0.3, 0.4) is 0 Å². The Morgan fingerprint density at radius 1 is 1.59 bits per heavy atom. The second-order valence-electron chi connectivity index (χ2n) is 3.43. The zero-order valence-electron chi connectivity index (χ0n) is 8.75. The zero-order valence-corrected chi connectivity index (χ0v) is 9.56. The Morgan fingerprint density at radius 3 is 3.06 bits per heavy atom. The molecule has 3 aromatic rings. The number of hydrogen-bond acceptors (Lipinski definition) is 5. The van der Waals surface area contributed by atoms with Crippen molar-refractivity contribution < 1.29 is 14.3 Å². The molecule has 0 spiro atoms. The quantitative estimate of drug-likeness (QED) is 0.751. The summed E-state index contributed by atoms with van der Waals surface area (Å²) in [6, 6.07) is 3.52. The number of fused-ring (bicyclic) bond motifs is 1. The second-order valence-corrected chi connectivity index (χ2v) is 4.39. The molecule has 1 N–H and O–H groups in total. The summed E-state index contributed by atoms with van der Waals surface area (Å²) < 4.78 is 6.54. The molecule has 0 aliphatic heterocycles. The third-order valence-electron chi connectivity index (χ3n) is 2.31. The van der Waals surface area contributed by atoms with Gasteiger partial charge in [-0.2, -0.15) is 9.61 Å².